The molecule has 1 saturated heterocycles. The van der Waals surface area contributed by atoms with Gasteiger partial charge in [0, 0.05) is 11.8 Å². The van der Waals surface area contributed by atoms with E-state index in [2.05, 4.69) is 9.72 Å². The maximum absolute atomic E-state index is 14.1. The Bertz CT molecular complexity index is 441. The molecular weight excluding hydrogens is 227 g/mol. The summed E-state index contributed by atoms with van der Waals surface area (Å²) in [5.41, 5.74) is -1.06. The summed E-state index contributed by atoms with van der Waals surface area (Å²) < 4.78 is 18.6. The molecule has 6 heteroatoms. The molecule has 1 amide bonds. The molecular formula is C11H11FN2O3. The van der Waals surface area contributed by atoms with Crippen molar-refractivity contribution in [1.29, 1.82) is 0 Å². The number of hydrogen-bond donors (Lipinski definition) is 0. The molecule has 90 valence electrons. The van der Waals surface area contributed by atoms with Gasteiger partial charge in [-0.3, -0.25) is 4.79 Å². The molecule has 1 aliphatic heterocycles. The first kappa shape index (κ1) is 11.5. The summed E-state index contributed by atoms with van der Waals surface area (Å²) in [7, 11) is 1.25. The number of hydrogen-bond acceptors (Lipinski definition) is 4. The van der Waals surface area contributed by atoms with Crippen LogP contribution < -0.4 is 0 Å². The number of carbonyl (C=O) groups excluding carboxylic acids is 2. The van der Waals surface area contributed by atoms with Gasteiger partial charge < -0.3 is 9.64 Å². The largest absolute Gasteiger partial charge is 0.464 e. The van der Waals surface area contributed by atoms with Crippen molar-refractivity contribution in [3.8, 4) is 0 Å². The predicted molar refractivity (Wildman–Crippen MR) is 56.0 cm³/mol. The number of esters is 1. The molecule has 0 unspecified atom stereocenters. The lowest BCUT2D eigenvalue weighted by atomic mass is 9.89. The summed E-state index contributed by atoms with van der Waals surface area (Å²) in [5.74, 6) is -0.562. The molecule has 1 aromatic rings. The lowest BCUT2D eigenvalue weighted by molar-refractivity contribution is -0.132. The van der Waals surface area contributed by atoms with Gasteiger partial charge in [0.25, 0.3) is 0 Å². The van der Waals surface area contributed by atoms with E-state index in [9.17, 15) is 14.0 Å². The molecule has 5 nitrogen and oxygen atoms in total. The Morgan fingerprint density at radius 3 is 2.76 bits per heavy atom. The highest BCUT2D eigenvalue weighted by Crippen LogP contribution is 2.34. The number of alkyl halides is 1. The molecule has 2 heterocycles. The van der Waals surface area contributed by atoms with Gasteiger partial charge in [0.15, 0.2) is 5.67 Å². The average molecular weight is 238 g/mol. The predicted octanol–water partition coefficient (Wildman–Crippen LogP) is 0.505. The molecule has 17 heavy (non-hydrogen) atoms. The van der Waals surface area contributed by atoms with Gasteiger partial charge in [-0.25, -0.2) is 14.2 Å². The number of methoxy groups -OCH3 is 1. The summed E-state index contributed by atoms with van der Waals surface area (Å²) in [6.07, 6.45) is 1.91. The zero-order valence-electron chi connectivity index (χ0n) is 9.22. The van der Waals surface area contributed by atoms with Crippen molar-refractivity contribution in [3.63, 3.8) is 0 Å². The molecule has 0 atom stereocenters. The fourth-order valence-corrected chi connectivity index (χ4v) is 1.74. The molecule has 2 rings (SSSR count). The smallest absolute Gasteiger partial charge is 0.356 e. The first-order valence-electron chi connectivity index (χ1n) is 5.02. The summed E-state index contributed by atoms with van der Waals surface area (Å²) >= 11 is 0. The van der Waals surface area contributed by atoms with Crippen LogP contribution >= 0.6 is 0 Å². The molecule has 0 aliphatic carbocycles. The summed E-state index contributed by atoms with van der Waals surface area (Å²) in [5, 5.41) is 0. The van der Waals surface area contributed by atoms with E-state index in [1.54, 1.807) is 0 Å². The second kappa shape index (κ2) is 4.12. The van der Waals surface area contributed by atoms with Gasteiger partial charge >= 0.3 is 5.97 Å². The molecule has 0 bridgehead atoms. The van der Waals surface area contributed by atoms with Crippen molar-refractivity contribution in [2.75, 3.05) is 20.2 Å². The maximum Gasteiger partial charge on any atom is 0.356 e. The summed E-state index contributed by atoms with van der Waals surface area (Å²) in [6, 6.07) is 2.90. The van der Waals surface area contributed by atoms with E-state index < -0.39 is 11.6 Å². The lowest BCUT2D eigenvalue weighted by Crippen LogP contribution is -2.55. The highest BCUT2D eigenvalue weighted by atomic mass is 19.1. The van der Waals surface area contributed by atoms with Crippen molar-refractivity contribution in [2.24, 2.45) is 0 Å². The van der Waals surface area contributed by atoms with Crippen molar-refractivity contribution in [2.45, 2.75) is 5.67 Å². The Morgan fingerprint density at radius 1 is 1.59 bits per heavy atom. The van der Waals surface area contributed by atoms with Crippen LogP contribution in [-0.2, 0) is 15.2 Å². The van der Waals surface area contributed by atoms with Crippen LogP contribution in [0.4, 0.5) is 4.39 Å². The van der Waals surface area contributed by atoms with Crippen LogP contribution in [0.5, 0.6) is 0 Å². The molecule has 0 radical (unpaired) electrons. The Morgan fingerprint density at radius 2 is 2.29 bits per heavy atom. The third kappa shape index (κ3) is 1.98. The van der Waals surface area contributed by atoms with Crippen LogP contribution in [-0.4, -0.2) is 42.5 Å². The molecule has 0 N–H and O–H groups in total. The van der Waals surface area contributed by atoms with Crippen LogP contribution in [0, 0.1) is 0 Å². The topological polar surface area (TPSA) is 59.5 Å². The van der Waals surface area contributed by atoms with Crippen LogP contribution in [0.2, 0.25) is 0 Å². The molecule has 0 spiro atoms. The Kier molecular flexibility index (Phi) is 2.79. The van der Waals surface area contributed by atoms with Gasteiger partial charge in [-0.15, -0.1) is 0 Å². The van der Waals surface area contributed by atoms with Crippen molar-refractivity contribution in [3.05, 3.63) is 29.6 Å². The number of rotatable bonds is 3. The number of likely N-dealkylation sites (tertiary alicyclic amines) is 1. The van der Waals surface area contributed by atoms with Gasteiger partial charge in [-0.1, -0.05) is 6.07 Å². The lowest BCUT2D eigenvalue weighted by Gasteiger charge is -2.42. The normalized spacial score (nSPS) is 17.2. The molecule has 0 saturated carbocycles. The third-order valence-electron chi connectivity index (χ3n) is 2.73. The van der Waals surface area contributed by atoms with Gasteiger partial charge in [0.1, 0.15) is 5.69 Å². The highest BCUT2D eigenvalue weighted by molar-refractivity contribution is 5.87. The fourth-order valence-electron chi connectivity index (χ4n) is 1.74. The Balaban J connectivity index is 2.14. The minimum Gasteiger partial charge on any atom is -0.464 e. The first-order valence-corrected chi connectivity index (χ1v) is 5.02. The molecule has 1 fully saturated rings. The number of ether oxygens (including phenoxy) is 1. The average Bonchev–Trinajstić information content (AvgIpc) is 2.34. The van der Waals surface area contributed by atoms with Crippen LogP contribution in [0.1, 0.15) is 16.1 Å². The minimum atomic E-state index is -1.55. The van der Waals surface area contributed by atoms with Gasteiger partial charge in [0.05, 0.1) is 20.2 Å². The molecule has 1 aromatic heterocycles. The Labute approximate surface area is 97.2 Å². The zero-order chi connectivity index (χ0) is 12.5. The monoisotopic (exact) mass is 238 g/mol. The van der Waals surface area contributed by atoms with Crippen molar-refractivity contribution in [1.82, 2.24) is 9.88 Å². The van der Waals surface area contributed by atoms with Crippen molar-refractivity contribution >= 4 is 12.4 Å². The molecule has 1 aliphatic rings. The standard InChI is InChI=1S/C11H11FN2O3/c1-17-10(16)9-3-2-8(4-13-9)11(12)5-14(6-11)7-15/h2-4,7H,5-6H2,1H3. The SMILES string of the molecule is COC(=O)c1ccc(C2(F)CN(C=O)C2)cn1. The van der Waals surface area contributed by atoms with Gasteiger partial charge in [-0.2, -0.15) is 0 Å². The maximum atomic E-state index is 14.1. The van der Waals surface area contributed by atoms with E-state index in [-0.39, 0.29) is 18.8 Å². The first-order chi connectivity index (χ1) is 8.09. The van der Waals surface area contributed by atoms with Crippen LogP contribution in [0.3, 0.4) is 0 Å². The third-order valence-corrected chi connectivity index (χ3v) is 2.73. The number of halogens is 1. The van der Waals surface area contributed by atoms with Crippen LogP contribution in [0.15, 0.2) is 18.3 Å². The Hall–Kier alpha value is -1.98. The van der Waals surface area contributed by atoms with Gasteiger partial charge in [0.2, 0.25) is 6.41 Å². The summed E-state index contributed by atoms with van der Waals surface area (Å²) in [6.45, 7) is 0.0471. The van der Waals surface area contributed by atoms with E-state index in [0.29, 0.717) is 12.0 Å². The van der Waals surface area contributed by atoms with E-state index in [0.717, 1.165) is 0 Å². The molecule has 0 aromatic carbocycles. The van der Waals surface area contributed by atoms with E-state index >= 15 is 0 Å². The van der Waals surface area contributed by atoms with E-state index in [4.69, 9.17) is 0 Å². The number of pyridine rings is 1. The second-order valence-corrected chi connectivity index (χ2v) is 3.90. The summed E-state index contributed by atoms with van der Waals surface area (Å²) in [4.78, 5) is 26.6. The minimum absolute atomic E-state index is 0.0236. The fraction of sp³-hybridized carbons (Fsp3) is 0.364. The van der Waals surface area contributed by atoms with Crippen molar-refractivity contribution < 1.29 is 18.7 Å². The van der Waals surface area contributed by atoms with E-state index in [1.165, 1.54) is 30.3 Å². The van der Waals surface area contributed by atoms with E-state index in [1.807, 2.05) is 0 Å². The number of carbonyl (C=O) groups is 2. The second-order valence-electron chi connectivity index (χ2n) is 3.90. The number of nitrogens with zero attached hydrogens (tertiary/aromatic N) is 2. The number of amides is 1. The quantitative estimate of drug-likeness (QED) is 0.568. The highest BCUT2D eigenvalue weighted by Gasteiger charge is 2.44. The zero-order valence-corrected chi connectivity index (χ0v) is 9.22. The number of aromatic nitrogens is 1. The van der Waals surface area contributed by atoms with Gasteiger partial charge in [-0.05, 0) is 6.07 Å². The van der Waals surface area contributed by atoms with Crippen LogP contribution in [0.25, 0.3) is 0 Å².